The molecule has 0 saturated carbocycles. The van der Waals surface area contributed by atoms with E-state index >= 15 is 0 Å². The summed E-state index contributed by atoms with van der Waals surface area (Å²) in [6.45, 7) is 4.76. The van der Waals surface area contributed by atoms with Crippen molar-refractivity contribution in [3.63, 3.8) is 0 Å². The van der Waals surface area contributed by atoms with Crippen LogP contribution in [-0.4, -0.2) is 17.4 Å². The van der Waals surface area contributed by atoms with Gasteiger partial charge >= 0.3 is 0 Å². The van der Waals surface area contributed by atoms with Gasteiger partial charge in [-0.2, -0.15) is 0 Å². The van der Waals surface area contributed by atoms with Crippen molar-refractivity contribution < 1.29 is 9.72 Å². The van der Waals surface area contributed by atoms with Crippen molar-refractivity contribution in [3.8, 4) is 0 Å². The van der Waals surface area contributed by atoms with Gasteiger partial charge in [-0.05, 0) is 52.9 Å². The maximum Gasteiger partial charge on any atom is 0.283 e. The molecule has 7 heteroatoms. The molecule has 0 aliphatic heterocycles. The topological polar surface area (TPSA) is 98.3 Å². The van der Waals surface area contributed by atoms with E-state index in [0.717, 1.165) is 12.8 Å². The van der Waals surface area contributed by atoms with Crippen LogP contribution in [0.4, 0.5) is 11.4 Å². The third kappa shape index (κ3) is 5.81. The molecule has 0 heterocycles. The summed E-state index contributed by atoms with van der Waals surface area (Å²) in [7, 11) is 0. The van der Waals surface area contributed by atoms with Crippen LogP contribution in [0.3, 0.4) is 0 Å². The highest BCUT2D eigenvalue weighted by Gasteiger charge is 2.19. The van der Waals surface area contributed by atoms with E-state index in [4.69, 9.17) is 5.73 Å². The summed E-state index contributed by atoms with van der Waals surface area (Å²) in [6, 6.07) is 4.41. The average Bonchev–Trinajstić information content (AvgIpc) is 2.36. The predicted octanol–water partition coefficient (Wildman–Crippen LogP) is 3.45. The third-order valence-electron chi connectivity index (χ3n) is 3.28. The number of nitrogens with one attached hydrogen (secondary N) is 1. The molecule has 0 radical (unpaired) electrons. The zero-order chi connectivity index (χ0) is 16.0. The Bertz CT molecular complexity index is 532. The minimum Gasteiger partial charge on any atom is -0.330 e. The number of amides is 1. The van der Waals surface area contributed by atoms with E-state index in [9.17, 15) is 14.9 Å². The fourth-order valence-electron chi connectivity index (χ4n) is 1.92. The fourth-order valence-corrected chi connectivity index (χ4v) is 2.45. The molecule has 0 aliphatic rings. The first-order chi connectivity index (χ1) is 9.75. The number of benzene rings is 1. The van der Waals surface area contributed by atoms with Gasteiger partial charge in [-0.3, -0.25) is 14.9 Å². The lowest BCUT2D eigenvalue weighted by Gasteiger charge is -2.23. The lowest BCUT2D eigenvalue weighted by Crippen LogP contribution is -2.20. The first-order valence-corrected chi connectivity index (χ1v) is 7.48. The SMILES string of the molecule is CC(C)(CCN)CCC(=O)Nc1ccc([N+](=O)[O-])c(Br)c1. The van der Waals surface area contributed by atoms with Gasteiger partial charge in [-0.25, -0.2) is 0 Å². The van der Waals surface area contributed by atoms with E-state index in [0.29, 0.717) is 23.1 Å². The van der Waals surface area contributed by atoms with Crippen molar-refractivity contribution in [2.45, 2.75) is 33.1 Å². The van der Waals surface area contributed by atoms with Gasteiger partial charge in [0, 0.05) is 18.2 Å². The molecule has 1 amide bonds. The van der Waals surface area contributed by atoms with Crippen molar-refractivity contribution in [1.29, 1.82) is 0 Å². The van der Waals surface area contributed by atoms with Gasteiger partial charge in [0.25, 0.3) is 5.69 Å². The number of rotatable bonds is 7. The standard InChI is InChI=1S/C14H20BrN3O3/c1-14(2,7-8-16)6-5-13(19)17-10-3-4-12(18(20)21)11(15)9-10/h3-4,9H,5-8,16H2,1-2H3,(H,17,19). The van der Waals surface area contributed by atoms with E-state index in [1.807, 2.05) is 0 Å². The molecule has 0 fully saturated rings. The Hall–Kier alpha value is -1.47. The Labute approximate surface area is 132 Å². The molecule has 0 bridgehead atoms. The van der Waals surface area contributed by atoms with Crippen LogP contribution in [0.15, 0.2) is 22.7 Å². The van der Waals surface area contributed by atoms with Gasteiger partial charge in [0.1, 0.15) is 0 Å². The van der Waals surface area contributed by atoms with E-state index < -0.39 is 4.92 Å². The molecule has 0 aliphatic carbocycles. The molecule has 116 valence electrons. The number of nitro benzene ring substituents is 1. The molecule has 0 spiro atoms. The number of carbonyl (C=O) groups excluding carboxylic acids is 1. The molecule has 1 rings (SSSR count). The zero-order valence-corrected chi connectivity index (χ0v) is 13.8. The van der Waals surface area contributed by atoms with Gasteiger partial charge in [0.05, 0.1) is 9.40 Å². The molecule has 0 saturated heterocycles. The number of nitro groups is 1. The molecular weight excluding hydrogens is 338 g/mol. The maximum absolute atomic E-state index is 11.9. The number of nitrogens with zero attached hydrogens (tertiary/aromatic N) is 1. The lowest BCUT2D eigenvalue weighted by molar-refractivity contribution is -0.385. The Morgan fingerprint density at radius 3 is 2.62 bits per heavy atom. The van der Waals surface area contributed by atoms with Gasteiger partial charge in [0.2, 0.25) is 5.91 Å². The summed E-state index contributed by atoms with van der Waals surface area (Å²) in [5, 5.41) is 13.4. The molecule has 3 N–H and O–H groups in total. The van der Waals surface area contributed by atoms with Crippen LogP contribution in [0.5, 0.6) is 0 Å². The molecule has 0 atom stereocenters. The monoisotopic (exact) mass is 357 g/mol. The Morgan fingerprint density at radius 1 is 1.43 bits per heavy atom. The summed E-state index contributed by atoms with van der Waals surface area (Å²) in [6.07, 6.45) is 2.00. The maximum atomic E-state index is 11.9. The number of halogens is 1. The molecule has 21 heavy (non-hydrogen) atoms. The summed E-state index contributed by atoms with van der Waals surface area (Å²) >= 11 is 3.12. The van der Waals surface area contributed by atoms with E-state index in [2.05, 4.69) is 35.1 Å². The van der Waals surface area contributed by atoms with E-state index in [1.165, 1.54) is 18.2 Å². The largest absolute Gasteiger partial charge is 0.330 e. The van der Waals surface area contributed by atoms with Crippen molar-refractivity contribution in [1.82, 2.24) is 0 Å². The Morgan fingerprint density at radius 2 is 2.10 bits per heavy atom. The highest BCUT2D eigenvalue weighted by Crippen LogP contribution is 2.29. The van der Waals surface area contributed by atoms with Gasteiger partial charge < -0.3 is 11.1 Å². The van der Waals surface area contributed by atoms with E-state index in [-0.39, 0.29) is 17.0 Å². The summed E-state index contributed by atoms with van der Waals surface area (Å²) < 4.78 is 0.341. The van der Waals surface area contributed by atoms with Gasteiger partial charge in [-0.15, -0.1) is 0 Å². The zero-order valence-electron chi connectivity index (χ0n) is 12.2. The van der Waals surface area contributed by atoms with Gasteiger partial charge in [0.15, 0.2) is 0 Å². The van der Waals surface area contributed by atoms with Crippen molar-refractivity contribution in [3.05, 3.63) is 32.8 Å². The number of nitrogens with two attached hydrogens (primary N) is 1. The molecular formula is C14H20BrN3O3. The number of anilines is 1. The first-order valence-electron chi connectivity index (χ1n) is 6.69. The second-order valence-electron chi connectivity index (χ2n) is 5.67. The molecule has 0 unspecified atom stereocenters. The number of hydrogen-bond donors (Lipinski definition) is 2. The van der Waals surface area contributed by atoms with Crippen LogP contribution in [0.25, 0.3) is 0 Å². The molecule has 1 aromatic carbocycles. The second-order valence-corrected chi connectivity index (χ2v) is 6.53. The van der Waals surface area contributed by atoms with Crippen LogP contribution in [0.2, 0.25) is 0 Å². The summed E-state index contributed by atoms with van der Waals surface area (Å²) in [5.74, 6) is -0.110. The third-order valence-corrected chi connectivity index (χ3v) is 3.91. The lowest BCUT2D eigenvalue weighted by atomic mass is 9.84. The van der Waals surface area contributed by atoms with Crippen molar-refractivity contribution in [2.75, 3.05) is 11.9 Å². The smallest absolute Gasteiger partial charge is 0.283 e. The second kappa shape index (κ2) is 7.51. The van der Waals surface area contributed by atoms with Gasteiger partial charge in [-0.1, -0.05) is 13.8 Å². The number of hydrogen-bond acceptors (Lipinski definition) is 4. The Kier molecular flexibility index (Phi) is 6.29. The minimum atomic E-state index is -0.481. The van der Waals surface area contributed by atoms with Crippen LogP contribution in [-0.2, 0) is 4.79 Å². The normalized spacial score (nSPS) is 11.2. The van der Waals surface area contributed by atoms with Crippen LogP contribution < -0.4 is 11.1 Å². The highest BCUT2D eigenvalue weighted by atomic mass is 79.9. The van der Waals surface area contributed by atoms with E-state index in [1.54, 1.807) is 0 Å². The first kappa shape index (κ1) is 17.6. The highest BCUT2D eigenvalue weighted by molar-refractivity contribution is 9.10. The Balaban J connectivity index is 2.59. The fraction of sp³-hybridized carbons (Fsp3) is 0.500. The number of carbonyl (C=O) groups is 1. The molecule has 1 aromatic rings. The predicted molar refractivity (Wildman–Crippen MR) is 86.1 cm³/mol. The summed E-state index contributed by atoms with van der Waals surface area (Å²) in [5.41, 5.74) is 6.07. The average molecular weight is 358 g/mol. The molecule has 6 nitrogen and oxygen atoms in total. The summed E-state index contributed by atoms with van der Waals surface area (Å²) in [4.78, 5) is 22.1. The van der Waals surface area contributed by atoms with Crippen molar-refractivity contribution >= 4 is 33.2 Å². The van der Waals surface area contributed by atoms with Crippen LogP contribution >= 0.6 is 15.9 Å². The van der Waals surface area contributed by atoms with Crippen LogP contribution in [0.1, 0.15) is 33.1 Å². The molecule has 0 aromatic heterocycles. The quantitative estimate of drug-likeness (QED) is 0.576. The minimum absolute atomic E-state index is 0.0299. The van der Waals surface area contributed by atoms with Crippen molar-refractivity contribution in [2.24, 2.45) is 11.1 Å². The van der Waals surface area contributed by atoms with Crippen LogP contribution in [0, 0.1) is 15.5 Å².